The van der Waals surface area contributed by atoms with E-state index in [-0.39, 0.29) is 16.2 Å². The van der Waals surface area contributed by atoms with Crippen molar-refractivity contribution in [1.82, 2.24) is 30.1 Å². The lowest BCUT2D eigenvalue weighted by atomic mass is 10.2. The summed E-state index contributed by atoms with van der Waals surface area (Å²) < 4.78 is 26.4. The van der Waals surface area contributed by atoms with Crippen LogP contribution in [0.5, 0.6) is 5.75 Å². The third-order valence-electron chi connectivity index (χ3n) is 5.15. The number of hydrogen-bond donors (Lipinski definition) is 3. The predicted octanol–water partition coefficient (Wildman–Crippen LogP) is -0.857. The SMILES string of the molecule is CN(C)S(=O)(=O)c1ccc([O-])c2nc(CN3CCNCCNCCNCC3)ccc12. The molecule has 1 aliphatic rings. The number of benzene rings is 1. The van der Waals surface area contributed by atoms with E-state index in [2.05, 4.69) is 25.8 Å². The molecule has 2 aromatic rings. The fraction of sp³-hybridized carbons (Fsp3) is 0.550. The molecule has 0 amide bonds. The van der Waals surface area contributed by atoms with Crippen molar-refractivity contribution in [1.29, 1.82) is 0 Å². The molecule has 1 aromatic carbocycles. The van der Waals surface area contributed by atoms with E-state index < -0.39 is 10.0 Å². The maximum atomic E-state index is 12.6. The van der Waals surface area contributed by atoms with E-state index in [0.29, 0.717) is 11.9 Å². The number of nitrogens with one attached hydrogen (secondary N) is 3. The van der Waals surface area contributed by atoms with E-state index in [9.17, 15) is 13.5 Å². The van der Waals surface area contributed by atoms with Gasteiger partial charge in [-0.3, -0.25) is 9.88 Å². The number of sulfonamides is 1. The molecule has 1 saturated heterocycles. The minimum Gasteiger partial charge on any atom is -0.871 e. The van der Waals surface area contributed by atoms with Crippen LogP contribution in [0.1, 0.15) is 5.69 Å². The Labute approximate surface area is 178 Å². The quantitative estimate of drug-likeness (QED) is 0.569. The molecule has 0 spiro atoms. The second kappa shape index (κ2) is 10.5. The highest BCUT2D eigenvalue weighted by Crippen LogP contribution is 2.29. The summed E-state index contributed by atoms with van der Waals surface area (Å²) in [6, 6.07) is 6.17. The van der Waals surface area contributed by atoms with Gasteiger partial charge in [-0.25, -0.2) is 12.7 Å². The minimum absolute atomic E-state index is 0.106. The van der Waals surface area contributed by atoms with Crippen LogP contribution in [-0.2, 0) is 16.6 Å². The zero-order valence-corrected chi connectivity index (χ0v) is 18.5. The Hall–Kier alpha value is -1.82. The Morgan fingerprint density at radius 2 is 1.57 bits per heavy atom. The van der Waals surface area contributed by atoms with Gasteiger partial charge in [-0.2, -0.15) is 0 Å². The molecule has 1 aliphatic heterocycles. The molecule has 1 fully saturated rings. The van der Waals surface area contributed by atoms with Gasteiger partial charge in [0, 0.05) is 78.4 Å². The Morgan fingerprint density at radius 3 is 2.17 bits per heavy atom. The topological polar surface area (TPSA) is 113 Å². The molecule has 3 rings (SSSR count). The number of aromatic nitrogens is 1. The molecule has 2 heterocycles. The van der Waals surface area contributed by atoms with Gasteiger partial charge < -0.3 is 21.1 Å². The first-order valence-corrected chi connectivity index (χ1v) is 11.7. The minimum atomic E-state index is -3.66. The average Bonchev–Trinajstić information content (AvgIpc) is 2.70. The van der Waals surface area contributed by atoms with Gasteiger partial charge in [0.1, 0.15) is 0 Å². The van der Waals surface area contributed by atoms with E-state index >= 15 is 0 Å². The van der Waals surface area contributed by atoms with Crippen molar-refractivity contribution >= 4 is 20.9 Å². The molecular formula is C20H31N6O3S-. The lowest BCUT2D eigenvalue weighted by Crippen LogP contribution is -2.41. The number of rotatable bonds is 4. The monoisotopic (exact) mass is 435 g/mol. The van der Waals surface area contributed by atoms with Gasteiger partial charge in [0.15, 0.2) is 0 Å². The number of hydrogen-bond acceptors (Lipinski definition) is 8. The summed E-state index contributed by atoms with van der Waals surface area (Å²) in [6.45, 7) is 7.79. The molecule has 9 nitrogen and oxygen atoms in total. The smallest absolute Gasteiger partial charge is 0.243 e. The van der Waals surface area contributed by atoms with E-state index in [1.807, 2.05) is 6.07 Å². The predicted molar refractivity (Wildman–Crippen MR) is 116 cm³/mol. The first-order chi connectivity index (χ1) is 14.4. The summed E-state index contributed by atoms with van der Waals surface area (Å²) in [6.07, 6.45) is 0. The van der Waals surface area contributed by atoms with Crippen molar-refractivity contribution in [3.63, 3.8) is 0 Å². The molecule has 10 heteroatoms. The Balaban J connectivity index is 1.82. The Morgan fingerprint density at radius 1 is 0.967 bits per heavy atom. The first kappa shape index (κ1) is 22.9. The van der Waals surface area contributed by atoms with Crippen molar-refractivity contribution < 1.29 is 13.5 Å². The molecule has 30 heavy (non-hydrogen) atoms. The van der Waals surface area contributed by atoms with Crippen molar-refractivity contribution in [2.24, 2.45) is 0 Å². The summed E-state index contributed by atoms with van der Waals surface area (Å²) in [4.78, 5) is 6.94. The second-order valence-corrected chi connectivity index (χ2v) is 9.69. The second-order valence-electron chi connectivity index (χ2n) is 7.57. The lowest BCUT2D eigenvalue weighted by molar-refractivity contribution is -0.266. The number of nitrogens with zero attached hydrogens (tertiary/aromatic N) is 3. The van der Waals surface area contributed by atoms with Crippen LogP contribution in [0.25, 0.3) is 10.9 Å². The van der Waals surface area contributed by atoms with Crippen LogP contribution in [-0.4, -0.2) is 89.1 Å². The summed E-state index contributed by atoms with van der Waals surface area (Å²) in [7, 11) is -0.710. The molecule has 0 radical (unpaired) electrons. The highest BCUT2D eigenvalue weighted by atomic mass is 32.2. The molecule has 0 unspecified atom stereocenters. The van der Waals surface area contributed by atoms with Gasteiger partial charge in [0.05, 0.1) is 16.1 Å². The van der Waals surface area contributed by atoms with E-state index in [0.717, 1.165) is 62.4 Å². The van der Waals surface area contributed by atoms with Crippen LogP contribution in [0.2, 0.25) is 0 Å². The number of fused-ring (bicyclic) bond motifs is 1. The normalized spacial score (nSPS) is 18.2. The van der Waals surface area contributed by atoms with Crippen LogP contribution in [0.3, 0.4) is 0 Å². The van der Waals surface area contributed by atoms with Crippen LogP contribution < -0.4 is 21.1 Å². The summed E-state index contributed by atoms with van der Waals surface area (Å²) in [5.74, 6) is -0.269. The van der Waals surface area contributed by atoms with Crippen molar-refractivity contribution in [2.45, 2.75) is 11.4 Å². The molecule has 0 saturated carbocycles. The molecule has 1 aromatic heterocycles. The fourth-order valence-corrected chi connectivity index (χ4v) is 4.49. The molecule has 0 bridgehead atoms. The Bertz CT molecular complexity index is 939. The maximum Gasteiger partial charge on any atom is 0.243 e. The highest BCUT2D eigenvalue weighted by molar-refractivity contribution is 7.89. The summed E-state index contributed by atoms with van der Waals surface area (Å²) in [5, 5.41) is 23.0. The third kappa shape index (κ3) is 5.65. The Kier molecular flexibility index (Phi) is 7.98. The van der Waals surface area contributed by atoms with Crippen molar-refractivity contribution in [3.8, 4) is 5.75 Å². The molecule has 0 atom stereocenters. The number of pyridine rings is 1. The molecule has 3 N–H and O–H groups in total. The van der Waals surface area contributed by atoms with Gasteiger partial charge in [-0.1, -0.05) is 11.8 Å². The van der Waals surface area contributed by atoms with Gasteiger partial charge >= 0.3 is 0 Å². The average molecular weight is 436 g/mol. The standard InChI is InChI=1S/C20H32N6O3S/c1-25(2)30(28,29)19-6-5-18(27)20-17(19)4-3-16(24-20)15-26-13-11-22-9-7-21-8-10-23-12-14-26/h3-6,21-23,27H,7-15H2,1-2H3/p-1. The van der Waals surface area contributed by atoms with Crippen molar-refractivity contribution in [2.75, 3.05) is 66.5 Å². The van der Waals surface area contributed by atoms with Crippen molar-refractivity contribution in [3.05, 3.63) is 30.0 Å². The van der Waals surface area contributed by atoms with Crippen LogP contribution >= 0.6 is 0 Å². The van der Waals surface area contributed by atoms with E-state index in [1.54, 1.807) is 6.07 Å². The maximum absolute atomic E-state index is 12.6. The molecule has 0 aliphatic carbocycles. The summed E-state index contributed by atoms with van der Waals surface area (Å²) in [5.41, 5.74) is 0.958. The molecular weight excluding hydrogens is 404 g/mol. The van der Waals surface area contributed by atoms with Crippen LogP contribution in [0.15, 0.2) is 29.2 Å². The van der Waals surface area contributed by atoms with Gasteiger partial charge in [0.25, 0.3) is 0 Å². The lowest BCUT2D eigenvalue weighted by Gasteiger charge is -2.24. The fourth-order valence-electron chi connectivity index (χ4n) is 3.42. The third-order valence-corrected chi connectivity index (χ3v) is 7.02. The van der Waals surface area contributed by atoms with Gasteiger partial charge in [-0.15, -0.1) is 0 Å². The summed E-state index contributed by atoms with van der Waals surface area (Å²) >= 11 is 0. The van der Waals surface area contributed by atoms with Crippen LogP contribution in [0.4, 0.5) is 0 Å². The zero-order chi connectivity index (χ0) is 21.6. The van der Waals surface area contributed by atoms with Gasteiger partial charge in [0.2, 0.25) is 10.0 Å². The largest absolute Gasteiger partial charge is 0.871 e. The first-order valence-electron chi connectivity index (χ1n) is 10.3. The molecule has 166 valence electrons. The van der Waals surface area contributed by atoms with E-state index in [1.165, 1.54) is 26.2 Å². The van der Waals surface area contributed by atoms with Gasteiger partial charge in [-0.05, 0) is 18.2 Å². The van der Waals surface area contributed by atoms with Crippen LogP contribution in [0, 0.1) is 0 Å². The zero-order valence-electron chi connectivity index (χ0n) is 17.6. The van der Waals surface area contributed by atoms with E-state index in [4.69, 9.17) is 0 Å². The highest BCUT2D eigenvalue weighted by Gasteiger charge is 2.21.